The number of hydrogen-bond donors (Lipinski definition) is 1. The molecule has 0 saturated heterocycles. The Morgan fingerprint density at radius 1 is 1.15 bits per heavy atom. The smallest absolute Gasteiger partial charge is 0.293 e. The molecule has 0 amide bonds. The van der Waals surface area contributed by atoms with Crippen molar-refractivity contribution in [3.8, 4) is 0 Å². The second-order valence-electron chi connectivity index (χ2n) is 6.29. The van der Waals surface area contributed by atoms with Crippen LogP contribution in [0.2, 0.25) is 0 Å². The van der Waals surface area contributed by atoms with Crippen LogP contribution in [-0.2, 0) is 0 Å². The fourth-order valence-corrected chi connectivity index (χ4v) is 3.12. The lowest BCUT2D eigenvalue weighted by molar-refractivity contribution is -0.384. The maximum Gasteiger partial charge on any atom is 0.293 e. The number of rotatable bonds is 6. The Hall–Kier alpha value is -3.48. The van der Waals surface area contributed by atoms with Gasteiger partial charge in [0, 0.05) is 22.8 Å². The van der Waals surface area contributed by atoms with Gasteiger partial charge < -0.3 is 9.84 Å². The van der Waals surface area contributed by atoms with Crippen molar-refractivity contribution < 1.29 is 14.2 Å². The molecule has 0 aliphatic heterocycles. The van der Waals surface area contributed by atoms with Gasteiger partial charge in [0.1, 0.15) is 11.4 Å². The molecule has 0 aliphatic rings. The number of ketones is 1. The Kier molecular flexibility index (Phi) is 5.03. The molecule has 138 valence electrons. The van der Waals surface area contributed by atoms with Crippen LogP contribution in [0, 0.1) is 24.0 Å². The van der Waals surface area contributed by atoms with Crippen LogP contribution in [-0.4, -0.2) is 15.9 Å². The maximum atomic E-state index is 12.6. The minimum Gasteiger partial charge on any atom is -0.373 e. The van der Waals surface area contributed by atoms with Crippen LogP contribution in [0.3, 0.4) is 0 Å². The summed E-state index contributed by atoms with van der Waals surface area (Å²) >= 11 is 0. The Morgan fingerprint density at radius 3 is 2.44 bits per heavy atom. The molecule has 2 aromatic carbocycles. The van der Waals surface area contributed by atoms with Crippen LogP contribution >= 0.6 is 0 Å². The van der Waals surface area contributed by atoms with Crippen LogP contribution in [0.4, 0.5) is 11.4 Å². The third kappa shape index (κ3) is 3.72. The second-order valence-corrected chi connectivity index (χ2v) is 6.29. The van der Waals surface area contributed by atoms with Gasteiger partial charge in [-0.15, -0.1) is 0 Å². The van der Waals surface area contributed by atoms with E-state index in [-0.39, 0.29) is 23.1 Å². The third-order valence-corrected chi connectivity index (χ3v) is 4.39. The SMILES string of the molecule is Cc1noc(C)c1C(C)Nc1ccc(C(=O)c2ccccc2)cc1[N+](=O)[O-]. The molecule has 0 bridgehead atoms. The Balaban J connectivity index is 1.93. The first kappa shape index (κ1) is 18.3. The van der Waals surface area contributed by atoms with Gasteiger partial charge in [-0.3, -0.25) is 14.9 Å². The average Bonchev–Trinajstić information content (AvgIpc) is 3.00. The van der Waals surface area contributed by atoms with Gasteiger partial charge in [-0.25, -0.2) is 0 Å². The number of anilines is 1. The molecule has 0 fully saturated rings. The number of aromatic nitrogens is 1. The van der Waals surface area contributed by atoms with Gasteiger partial charge in [0.05, 0.1) is 16.7 Å². The minimum atomic E-state index is -0.496. The van der Waals surface area contributed by atoms with Crippen molar-refractivity contribution in [2.24, 2.45) is 0 Å². The standard InChI is InChI=1S/C20H19N3O4/c1-12(19-13(2)22-27-14(19)3)21-17-10-9-16(11-18(17)23(25)26)20(24)15-7-5-4-6-8-15/h4-12,21H,1-3H3. The Morgan fingerprint density at radius 2 is 1.85 bits per heavy atom. The van der Waals surface area contributed by atoms with E-state index in [9.17, 15) is 14.9 Å². The summed E-state index contributed by atoms with van der Waals surface area (Å²) in [5, 5.41) is 18.6. The highest BCUT2D eigenvalue weighted by Gasteiger charge is 2.22. The summed E-state index contributed by atoms with van der Waals surface area (Å²) in [6.07, 6.45) is 0. The first-order valence-electron chi connectivity index (χ1n) is 8.46. The Bertz CT molecular complexity index is 976. The molecule has 1 unspecified atom stereocenters. The number of nitrogens with zero attached hydrogens (tertiary/aromatic N) is 2. The van der Waals surface area contributed by atoms with Gasteiger partial charge in [0.15, 0.2) is 5.78 Å². The number of benzene rings is 2. The monoisotopic (exact) mass is 365 g/mol. The van der Waals surface area contributed by atoms with Gasteiger partial charge in [0.2, 0.25) is 0 Å². The predicted octanol–water partition coefficient (Wildman–Crippen LogP) is 4.60. The number of nitro groups is 1. The molecule has 27 heavy (non-hydrogen) atoms. The van der Waals surface area contributed by atoms with E-state index in [1.807, 2.05) is 19.9 Å². The van der Waals surface area contributed by atoms with Gasteiger partial charge >= 0.3 is 0 Å². The van der Waals surface area contributed by atoms with Crippen molar-refractivity contribution in [2.45, 2.75) is 26.8 Å². The van der Waals surface area contributed by atoms with Crippen molar-refractivity contribution in [3.05, 3.63) is 86.8 Å². The zero-order valence-electron chi connectivity index (χ0n) is 15.2. The van der Waals surface area contributed by atoms with Crippen LogP contribution in [0.25, 0.3) is 0 Å². The van der Waals surface area contributed by atoms with E-state index in [4.69, 9.17) is 4.52 Å². The van der Waals surface area contributed by atoms with Crippen molar-refractivity contribution >= 4 is 17.2 Å². The lowest BCUT2D eigenvalue weighted by Crippen LogP contribution is -2.11. The molecule has 1 atom stereocenters. The summed E-state index contributed by atoms with van der Waals surface area (Å²) in [6, 6.07) is 12.9. The van der Waals surface area contributed by atoms with E-state index in [1.54, 1.807) is 43.3 Å². The summed E-state index contributed by atoms with van der Waals surface area (Å²) in [6.45, 7) is 5.49. The molecule has 1 N–H and O–H groups in total. The first-order valence-corrected chi connectivity index (χ1v) is 8.46. The van der Waals surface area contributed by atoms with Crippen molar-refractivity contribution in [2.75, 3.05) is 5.32 Å². The predicted molar refractivity (Wildman–Crippen MR) is 101 cm³/mol. The lowest BCUT2D eigenvalue weighted by atomic mass is 10.0. The Labute approximate surface area is 156 Å². The molecular weight excluding hydrogens is 346 g/mol. The number of nitro benzene ring substituents is 1. The van der Waals surface area contributed by atoms with E-state index >= 15 is 0 Å². The molecule has 7 nitrogen and oxygen atoms in total. The molecule has 3 aromatic rings. The number of carbonyl (C=O) groups is 1. The van der Waals surface area contributed by atoms with Gasteiger partial charge in [-0.2, -0.15) is 0 Å². The molecule has 1 aromatic heterocycles. The highest BCUT2D eigenvalue weighted by atomic mass is 16.6. The third-order valence-electron chi connectivity index (χ3n) is 4.39. The number of carbonyl (C=O) groups excluding carboxylic acids is 1. The molecular formula is C20H19N3O4. The summed E-state index contributed by atoms with van der Waals surface area (Å²) in [7, 11) is 0. The molecule has 0 spiro atoms. The molecule has 1 heterocycles. The van der Waals surface area contributed by atoms with Crippen molar-refractivity contribution in [3.63, 3.8) is 0 Å². The second kappa shape index (κ2) is 7.41. The summed E-state index contributed by atoms with van der Waals surface area (Å²) in [5.41, 5.74) is 2.51. The topological polar surface area (TPSA) is 98.3 Å². The summed E-state index contributed by atoms with van der Waals surface area (Å²) < 4.78 is 5.16. The van der Waals surface area contributed by atoms with Crippen LogP contribution < -0.4 is 5.32 Å². The fraction of sp³-hybridized carbons (Fsp3) is 0.200. The van der Waals surface area contributed by atoms with Crippen molar-refractivity contribution in [1.82, 2.24) is 5.16 Å². The van der Waals surface area contributed by atoms with E-state index in [0.29, 0.717) is 17.0 Å². The zero-order valence-corrected chi connectivity index (χ0v) is 15.2. The van der Waals surface area contributed by atoms with Crippen LogP contribution in [0.5, 0.6) is 0 Å². The number of aryl methyl sites for hydroxylation is 2. The van der Waals surface area contributed by atoms with Crippen LogP contribution in [0.15, 0.2) is 53.1 Å². The van der Waals surface area contributed by atoms with Gasteiger partial charge in [-0.1, -0.05) is 35.5 Å². The van der Waals surface area contributed by atoms with E-state index in [0.717, 1.165) is 11.3 Å². The quantitative estimate of drug-likeness (QED) is 0.389. The van der Waals surface area contributed by atoms with Crippen LogP contribution in [0.1, 0.15) is 45.9 Å². The average molecular weight is 365 g/mol. The van der Waals surface area contributed by atoms with Gasteiger partial charge in [0.25, 0.3) is 5.69 Å². The van der Waals surface area contributed by atoms with Crippen molar-refractivity contribution in [1.29, 1.82) is 0 Å². The molecule has 0 radical (unpaired) electrons. The maximum absolute atomic E-state index is 12.6. The van der Waals surface area contributed by atoms with E-state index < -0.39 is 4.92 Å². The molecule has 7 heteroatoms. The minimum absolute atomic E-state index is 0.157. The van der Waals surface area contributed by atoms with E-state index in [1.165, 1.54) is 6.07 Å². The lowest BCUT2D eigenvalue weighted by Gasteiger charge is -2.15. The largest absolute Gasteiger partial charge is 0.373 e. The molecule has 0 aliphatic carbocycles. The molecule has 3 rings (SSSR count). The fourth-order valence-electron chi connectivity index (χ4n) is 3.12. The summed E-state index contributed by atoms with van der Waals surface area (Å²) in [4.78, 5) is 23.6. The van der Waals surface area contributed by atoms with E-state index in [2.05, 4.69) is 10.5 Å². The number of nitrogens with one attached hydrogen (secondary N) is 1. The normalized spacial score (nSPS) is 11.8. The summed E-state index contributed by atoms with van der Waals surface area (Å²) in [5.74, 6) is 0.398. The highest BCUT2D eigenvalue weighted by Crippen LogP contribution is 2.31. The van der Waals surface area contributed by atoms with Gasteiger partial charge in [-0.05, 0) is 32.9 Å². The zero-order chi connectivity index (χ0) is 19.6. The number of hydrogen-bond acceptors (Lipinski definition) is 6. The molecule has 0 saturated carbocycles. The highest BCUT2D eigenvalue weighted by molar-refractivity contribution is 6.09. The first-order chi connectivity index (χ1) is 12.9.